The zero-order valence-corrected chi connectivity index (χ0v) is 12.6. The zero-order valence-electron chi connectivity index (χ0n) is 12.6. The van der Waals surface area contributed by atoms with Crippen molar-refractivity contribution in [3.63, 3.8) is 0 Å². The van der Waals surface area contributed by atoms with Crippen LogP contribution in [0.3, 0.4) is 0 Å². The summed E-state index contributed by atoms with van der Waals surface area (Å²) in [7, 11) is 0. The fourth-order valence-corrected chi connectivity index (χ4v) is 3.15. The van der Waals surface area contributed by atoms with Crippen molar-refractivity contribution < 1.29 is 4.79 Å². The molecule has 0 radical (unpaired) electrons. The summed E-state index contributed by atoms with van der Waals surface area (Å²) in [4.78, 5) is 12.2. The lowest BCUT2D eigenvalue weighted by Gasteiger charge is -2.36. The molecule has 3 N–H and O–H groups in total. The van der Waals surface area contributed by atoms with E-state index in [1.807, 2.05) is 24.3 Å². The van der Waals surface area contributed by atoms with Gasteiger partial charge in [0.2, 0.25) is 0 Å². The first kappa shape index (κ1) is 13.8. The highest BCUT2D eigenvalue weighted by molar-refractivity contribution is 6.00. The second kappa shape index (κ2) is 5.76. The summed E-state index contributed by atoms with van der Waals surface area (Å²) in [6.07, 6.45) is 3.71. The fraction of sp³-hybridized carbons (Fsp3) is 0.222. The van der Waals surface area contributed by atoms with Gasteiger partial charge in [-0.2, -0.15) is 5.10 Å². The minimum Gasteiger partial charge on any atom is -0.335 e. The van der Waals surface area contributed by atoms with Crippen LogP contribution in [0.2, 0.25) is 0 Å². The molecule has 1 fully saturated rings. The lowest BCUT2D eigenvalue weighted by atomic mass is 9.76. The Morgan fingerprint density at radius 1 is 1.09 bits per heavy atom. The number of fused-ring (bicyclic) bond motifs is 1. The Bertz CT molecular complexity index is 821. The first-order chi connectivity index (χ1) is 11.3. The molecule has 1 aromatic heterocycles. The zero-order chi connectivity index (χ0) is 15.6. The Balaban J connectivity index is 1.34. The first-order valence-electron chi connectivity index (χ1n) is 7.84. The van der Waals surface area contributed by atoms with Crippen LogP contribution in [-0.2, 0) is 0 Å². The number of anilines is 1. The largest absolute Gasteiger partial charge is 0.335 e. The average molecular weight is 306 g/mol. The second-order valence-electron chi connectivity index (χ2n) is 6.01. The van der Waals surface area contributed by atoms with Crippen LogP contribution in [0.15, 0.2) is 54.7 Å². The predicted octanol–water partition coefficient (Wildman–Crippen LogP) is 3.63. The monoisotopic (exact) mass is 306 g/mol. The van der Waals surface area contributed by atoms with Crippen LogP contribution in [0, 0.1) is 0 Å². The van der Waals surface area contributed by atoms with Crippen molar-refractivity contribution in [2.24, 2.45) is 0 Å². The normalized spacial score (nSPS) is 20.0. The number of nitrogens with zero attached hydrogens (tertiary/aromatic N) is 1. The Morgan fingerprint density at radius 3 is 2.74 bits per heavy atom. The maximum atomic E-state index is 12.2. The van der Waals surface area contributed by atoms with Gasteiger partial charge in [0.25, 0.3) is 0 Å². The number of nitrogens with one attached hydrogen (secondary N) is 3. The molecule has 0 saturated heterocycles. The highest BCUT2D eigenvalue weighted by Gasteiger charge is 2.31. The number of H-pyrrole nitrogens is 1. The number of carbonyl (C=O) groups excluding carboxylic acids is 1. The average Bonchev–Trinajstić information content (AvgIpc) is 3.01. The molecule has 0 bridgehead atoms. The molecule has 1 aliphatic rings. The summed E-state index contributed by atoms with van der Waals surface area (Å²) in [5.41, 5.74) is 3.04. The molecule has 1 aliphatic carbocycles. The molecular weight excluding hydrogens is 288 g/mol. The molecule has 5 heteroatoms. The summed E-state index contributed by atoms with van der Waals surface area (Å²) < 4.78 is 0. The smallest absolute Gasteiger partial charge is 0.319 e. The van der Waals surface area contributed by atoms with E-state index in [9.17, 15) is 4.79 Å². The number of hydrogen-bond acceptors (Lipinski definition) is 2. The molecule has 4 rings (SSSR count). The van der Waals surface area contributed by atoms with Crippen molar-refractivity contribution in [2.75, 3.05) is 5.32 Å². The van der Waals surface area contributed by atoms with E-state index in [1.165, 1.54) is 5.56 Å². The third-order valence-corrected chi connectivity index (χ3v) is 4.48. The van der Waals surface area contributed by atoms with Crippen LogP contribution in [-0.4, -0.2) is 22.3 Å². The summed E-state index contributed by atoms with van der Waals surface area (Å²) in [5, 5.41) is 13.8. The third kappa shape index (κ3) is 2.77. The Hall–Kier alpha value is -2.82. The van der Waals surface area contributed by atoms with E-state index in [2.05, 4.69) is 45.1 Å². The van der Waals surface area contributed by atoms with Crippen LogP contribution in [0.4, 0.5) is 10.5 Å². The number of rotatable bonds is 3. The number of hydrogen-bond donors (Lipinski definition) is 3. The molecule has 0 unspecified atom stereocenters. The Kier molecular flexibility index (Phi) is 3.46. The molecule has 0 spiro atoms. The van der Waals surface area contributed by atoms with E-state index in [0.29, 0.717) is 5.92 Å². The van der Waals surface area contributed by atoms with Crippen LogP contribution in [0.5, 0.6) is 0 Å². The Labute approximate surface area is 134 Å². The lowest BCUT2D eigenvalue weighted by molar-refractivity contribution is 0.233. The molecule has 2 amide bonds. The van der Waals surface area contributed by atoms with Gasteiger partial charge in [0, 0.05) is 11.4 Å². The number of aromatic amines is 1. The lowest BCUT2D eigenvalue weighted by Crippen LogP contribution is -2.45. The van der Waals surface area contributed by atoms with Crippen molar-refractivity contribution >= 4 is 22.6 Å². The van der Waals surface area contributed by atoms with Gasteiger partial charge in [-0.25, -0.2) is 4.79 Å². The molecule has 23 heavy (non-hydrogen) atoms. The summed E-state index contributed by atoms with van der Waals surface area (Å²) >= 11 is 0. The quantitative estimate of drug-likeness (QED) is 0.691. The van der Waals surface area contributed by atoms with Gasteiger partial charge in [0.15, 0.2) is 0 Å². The number of urea groups is 1. The minimum atomic E-state index is -0.157. The summed E-state index contributed by atoms with van der Waals surface area (Å²) in [6, 6.07) is 16.3. The molecule has 2 aromatic carbocycles. The number of aromatic nitrogens is 2. The maximum Gasteiger partial charge on any atom is 0.319 e. The van der Waals surface area contributed by atoms with Gasteiger partial charge in [-0.3, -0.25) is 5.10 Å². The van der Waals surface area contributed by atoms with Gasteiger partial charge >= 0.3 is 6.03 Å². The van der Waals surface area contributed by atoms with Crippen LogP contribution in [0.25, 0.3) is 10.9 Å². The molecule has 1 heterocycles. The first-order valence-corrected chi connectivity index (χ1v) is 7.84. The van der Waals surface area contributed by atoms with Gasteiger partial charge in [-0.15, -0.1) is 0 Å². The molecule has 5 nitrogen and oxygen atoms in total. The van der Waals surface area contributed by atoms with E-state index >= 15 is 0 Å². The van der Waals surface area contributed by atoms with E-state index in [-0.39, 0.29) is 12.1 Å². The van der Waals surface area contributed by atoms with E-state index < -0.39 is 0 Å². The second-order valence-corrected chi connectivity index (χ2v) is 6.01. The van der Waals surface area contributed by atoms with Crippen LogP contribution < -0.4 is 10.6 Å². The van der Waals surface area contributed by atoms with Gasteiger partial charge < -0.3 is 10.6 Å². The summed E-state index contributed by atoms with van der Waals surface area (Å²) in [5.74, 6) is 0.554. The topological polar surface area (TPSA) is 69.8 Å². The van der Waals surface area contributed by atoms with Crippen LogP contribution in [0.1, 0.15) is 24.3 Å². The fourth-order valence-electron chi connectivity index (χ4n) is 3.15. The molecular formula is C18H18N4O. The van der Waals surface area contributed by atoms with Crippen molar-refractivity contribution in [1.82, 2.24) is 15.5 Å². The SMILES string of the molecule is O=C(Nc1cccc2[nH]ncc12)N[C@H]1C[C@H](c2ccccc2)C1. The number of carbonyl (C=O) groups is 1. The number of amides is 2. The van der Waals surface area contributed by atoms with E-state index in [4.69, 9.17) is 0 Å². The van der Waals surface area contributed by atoms with Gasteiger partial charge in [0.05, 0.1) is 17.4 Å². The standard InChI is InChI=1S/C18H18N4O/c23-18(21-16-7-4-8-17-15(16)11-19-22-17)20-14-9-13(10-14)12-5-2-1-3-6-12/h1-8,11,13-14H,9-10H2,(H,19,22)(H2,20,21,23)/t13-,14-. The van der Waals surface area contributed by atoms with Crippen molar-refractivity contribution in [1.29, 1.82) is 0 Å². The van der Waals surface area contributed by atoms with Crippen LogP contribution >= 0.6 is 0 Å². The third-order valence-electron chi connectivity index (χ3n) is 4.48. The van der Waals surface area contributed by atoms with Crippen molar-refractivity contribution in [2.45, 2.75) is 24.8 Å². The highest BCUT2D eigenvalue weighted by atomic mass is 16.2. The molecule has 0 aliphatic heterocycles. The highest BCUT2D eigenvalue weighted by Crippen LogP contribution is 2.36. The van der Waals surface area contributed by atoms with Gasteiger partial charge in [-0.05, 0) is 36.5 Å². The maximum absolute atomic E-state index is 12.2. The molecule has 0 atom stereocenters. The van der Waals surface area contributed by atoms with Gasteiger partial charge in [0.1, 0.15) is 0 Å². The number of benzene rings is 2. The van der Waals surface area contributed by atoms with Gasteiger partial charge in [-0.1, -0.05) is 36.4 Å². The van der Waals surface area contributed by atoms with E-state index in [1.54, 1.807) is 6.20 Å². The van der Waals surface area contributed by atoms with Crippen molar-refractivity contribution in [3.05, 3.63) is 60.3 Å². The molecule has 3 aromatic rings. The van der Waals surface area contributed by atoms with E-state index in [0.717, 1.165) is 29.4 Å². The molecule has 116 valence electrons. The summed E-state index contributed by atoms with van der Waals surface area (Å²) in [6.45, 7) is 0. The molecule has 1 saturated carbocycles. The Morgan fingerprint density at radius 2 is 1.91 bits per heavy atom. The predicted molar refractivity (Wildman–Crippen MR) is 90.5 cm³/mol. The van der Waals surface area contributed by atoms with Crippen molar-refractivity contribution in [3.8, 4) is 0 Å². The minimum absolute atomic E-state index is 0.157.